The third-order valence-electron chi connectivity index (χ3n) is 2.99. The molecule has 0 heterocycles. The Morgan fingerprint density at radius 1 is 1.46 bits per heavy atom. The minimum absolute atomic E-state index is 0.363. The normalized spacial score (nSPS) is 21.5. The molecule has 78 valence electrons. The van der Waals surface area contributed by atoms with E-state index >= 15 is 0 Å². The third-order valence-corrected chi connectivity index (χ3v) is 2.99. The van der Waals surface area contributed by atoms with Crippen LogP contribution in [0.1, 0.15) is 46.0 Å². The Morgan fingerprint density at radius 3 is 2.69 bits per heavy atom. The lowest BCUT2D eigenvalue weighted by Crippen LogP contribution is -2.36. The molecule has 1 atom stereocenters. The summed E-state index contributed by atoms with van der Waals surface area (Å²) in [5.41, 5.74) is 6.56. The molecule has 0 aromatic carbocycles. The van der Waals surface area contributed by atoms with Crippen molar-refractivity contribution < 1.29 is 0 Å². The van der Waals surface area contributed by atoms with E-state index in [1.165, 1.54) is 32.1 Å². The van der Waals surface area contributed by atoms with Gasteiger partial charge in [0.25, 0.3) is 0 Å². The van der Waals surface area contributed by atoms with Crippen molar-refractivity contribution in [1.82, 2.24) is 5.32 Å². The van der Waals surface area contributed by atoms with Crippen LogP contribution in [0.4, 0.5) is 0 Å². The van der Waals surface area contributed by atoms with Gasteiger partial charge in [-0.2, -0.15) is 0 Å². The molecule has 2 nitrogen and oxygen atoms in total. The van der Waals surface area contributed by atoms with Crippen LogP contribution < -0.4 is 11.1 Å². The summed E-state index contributed by atoms with van der Waals surface area (Å²) in [5.74, 6) is 0. The van der Waals surface area contributed by atoms with Gasteiger partial charge >= 0.3 is 0 Å². The fraction of sp³-hybridized carbons (Fsp3) is 1.00. The Hall–Kier alpha value is -0.0800. The maximum absolute atomic E-state index is 5.95. The van der Waals surface area contributed by atoms with Crippen molar-refractivity contribution in [2.24, 2.45) is 11.1 Å². The molecular weight excluding hydrogens is 160 g/mol. The highest BCUT2D eigenvalue weighted by Gasteiger charge is 2.36. The molecule has 1 aliphatic carbocycles. The first-order chi connectivity index (χ1) is 6.16. The molecule has 13 heavy (non-hydrogen) atoms. The molecule has 1 aliphatic rings. The van der Waals surface area contributed by atoms with Crippen molar-refractivity contribution in [3.05, 3.63) is 0 Å². The van der Waals surface area contributed by atoms with Crippen LogP contribution in [-0.4, -0.2) is 19.1 Å². The van der Waals surface area contributed by atoms with Crippen LogP contribution in [0, 0.1) is 5.41 Å². The molecule has 0 aromatic rings. The van der Waals surface area contributed by atoms with Crippen LogP contribution in [0.3, 0.4) is 0 Å². The van der Waals surface area contributed by atoms with Gasteiger partial charge in [0.2, 0.25) is 0 Å². The van der Waals surface area contributed by atoms with E-state index in [1.54, 1.807) is 0 Å². The molecule has 1 unspecified atom stereocenters. The first-order valence-electron chi connectivity index (χ1n) is 5.62. The van der Waals surface area contributed by atoms with E-state index in [1.807, 2.05) is 0 Å². The SMILES string of the molecule is CCCCC(N)CNCC1(C)CC1. The van der Waals surface area contributed by atoms with Crippen molar-refractivity contribution in [1.29, 1.82) is 0 Å². The highest BCUT2D eigenvalue weighted by Crippen LogP contribution is 2.43. The molecule has 1 rings (SSSR count). The first-order valence-corrected chi connectivity index (χ1v) is 5.62. The molecule has 0 amide bonds. The Morgan fingerprint density at radius 2 is 2.15 bits per heavy atom. The average molecular weight is 184 g/mol. The van der Waals surface area contributed by atoms with Gasteiger partial charge in [-0.3, -0.25) is 0 Å². The summed E-state index contributed by atoms with van der Waals surface area (Å²) in [6.45, 7) is 6.71. The fourth-order valence-corrected chi connectivity index (χ4v) is 1.52. The molecular formula is C11H24N2. The first kappa shape index (κ1) is 11.0. The van der Waals surface area contributed by atoms with Gasteiger partial charge in [0.15, 0.2) is 0 Å². The number of nitrogens with two attached hydrogens (primary N) is 1. The average Bonchev–Trinajstić information content (AvgIpc) is 2.80. The van der Waals surface area contributed by atoms with Crippen LogP contribution in [0.5, 0.6) is 0 Å². The molecule has 0 bridgehead atoms. The Kier molecular flexibility index (Phi) is 4.20. The lowest BCUT2D eigenvalue weighted by atomic mass is 10.1. The molecule has 0 spiro atoms. The van der Waals surface area contributed by atoms with Gasteiger partial charge in [0, 0.05) is 19.1 Å². The van der Waals surface area contributed by atoms with Gasteiger partial charge in [-0.1, -0.05) is 26.7 Å². The van der Waals surface area contributed by atoms with Crippen molar-refractivity contribution in [2.75, 3.05) is 13.1 Å². The predicted molar refractivity (Wildman–Crippen MR) is 57.7 cm³/mol. The van der Waals surface area contributed by atoms with E-state index in [2.05, 4.69) is 19.2 Å². The van der Waals surface area contributed by atoms with Gasteiger partial charge in [0.05, 0.1) is 0 Å². The largest absolute Gasteiger partial charge is 0.327 e. The third kappa shape index (κ3) is 4.63. The zero-order valence-corrected chi connectivity index (χ0v) is 9.10. The van der Waals surface area contributed by atoms with Gasteiger partial charge < -0.3 is 11.1 Å². The minimum atomic E-state index is 0.363. The van der Waals surface area contributed by atoms with Crippen LogP contribution in [0.25, 0.3) is 0 Å². The van der Waals surface area contributed by atoms with Crippen LogP contribution in [0.15, 0.2) is 0 Å². The lowest BCUT2D eigenvalue weighted by molar-refractivity contribution is 0.460. The van der Waals surface area contributed by atoms with Crippen LogP contribution in [-0.2, 0) is 0 Å². The summed E-state index contributed by atoms with van der Waals surface area (Å²) in [7, 11) is 0. The molecule has 0 aromatic heterocycles. The van der Waals surface area contributed by atoms with E-state index in [0.717, 1.165) is 13.1 Å². The van der Waals surface area contributed by atoms with Gasteiger partial charge in [-0.25, -0.2) is 0 Å². The maximum Gasteiger partial charge on any atom is 0.0165 e. The van der Waals surface area contributed by atoms with Crippen LogP contribution >= 0.6 is 0 Å². The zero-order valence-electron chi connectivity index (χ0n) is 9.10. The Balaban J connectivity index is 1.92. The van der Waals surface area contributed by atoms with E-state index in [4.69, 9.17) is 5.73 Å². The fourth-order valence-electron chi connectivity index (χ4n) is 1.52. The standard InChI is InChI=1S/C11H24N2/c1-3-4-5-10(12)8-13-9-11(2)6-7-11/h10,13H,3-9,12H2,1-2H3. The molecule has 3 N–H and O–H groups in total. The zero-order chi connectivity index (χ0) is 9.73. The summed E-state index contributed by atoms with van der Waals surface area (Å²) >= 11 is 0. The summed E-state index contributed by atoms with van der Waals surface area (Å²) in [5, 5.41) is 3.47. The summed E-state index contributed by atoms with van der Waals surface area (Å²) in [6.07, 6.45) is 6.47. The van der Waals surface area contributed by atoms with Crippen molar-refractivity contribution in [3.63, 3.8) is 0 Å². The molecule has 0 radical (unpaired) electrons. The summed E-state index contributed by atoms with van der Waals surface area (Å²) in [4.78, 5) is 0. The number of unbranched alkanes of at least 4 members (excludes halogenated alkanes) is 1. The smallest absolute Gasteiger partial charge is 0.0165 e. The second-order valence-electron chi connectivity index (χ2n) is 4.84. The highest BCUT2D eigenvalue weighted by molar-refractivity contribution is 4.90. The van der Waals surface area contributed by atoms with E-state index in [9.17, 15) is 0 Å². The summed E-state index contributed by atoms with van der Waals surface area (Å²) in [6, 6.07) is 0.363. The predicted octanol–water partition coefficient (Wildman–Crippen LogP) is 1.89. The monoisotopic (exact) mass is 184 g/mol. The van der Waals surface area contributed by atoms with Gasteiger partial charge in [-0.05, 0) is 24.7 Å². The highest BCUT2D eigenvalue weighted by atomic mass is 14.9. The van der Waals surface area contributed by atoms with Crippen molar-refractivity contribution in [3.8, 4) is 0 Å². The molecule has 2 heteroatoms. The topological polar surface area (TPSA) is 38.0 Å². The Labute approximate surface area is 82.3 Å². The Bertz CT molecular complexity index is 141. The summed E-state index contributed by atoms with van der Waals surface area (Å²) < 4.78 is 0. The van der Waals surface area contributed by atoms with Gasteiger partial charge in [0.1, 0.15) is 0 Å². The second kappa shape index (κ2) is 4.97. The molecule has 1 fully saturated rings. The quantitative estimate of drug-likeness (QED) is 0.634. The number of hydrogen-bond acceptors (Lipinski definition) is 2. The second-order valence-corrected chi connectivity index (χ2v) is 4.84. The van der Waals surface area contributed by atoms with E-state index in [0.29, 0.717) is 11.5 Å². The minimum Gasteiger partial charge on any atom is -0.327 e. The molecule has 1 saturated carbocycles. The molecule has 0 saturated heterocycles. The molecule has 0 aliphatic heterocycles. The number of rotatable bonds is 7. The number of hydrogen-bond donors (Lipinski definition) is 2. The van der Waals surface area contributed by atoms with Crippen LogP contribution in [0.2, 0.25) is 0 Å². The number of nitrogens with one attached hydrogen (secondary N) is 1. The van der Waals surface area contributed by atoms with Gasteiger partial charge in [-0.15, -0.1) is 0 Å². The maximum atomic E-state index is 5.95. The lowest BCUT2D eigenvalue weighted by Gasteiger charge is -2.14. The van der Waals surface area contributed by atoms with Crippen molar-refractivity contribution >= 4 is 0 Å². The van der Waals surface area contributed by atoms with E-state index in [-0.39, 0.29) is 0 Å². The van der Waals surface area contributed by atoms with E-state index < -0.39 is 0 Å². The van der Waals surface area contributed by atoms with Crippen molar-refractivity contribution in [2.45, 2.75) is 52.0 Å².